The Hall–Kier alpha value is -0.690. The third kappa shape index (κ3) is 1.97. The van der Waals surface area contributed by atoms with E-state index in [2.05, 4.69) is 36.4 Å². The monoisotopic (exact) mass is 303 g/mol. The maximum absolute atomic E-state index is 4.36. The molecule has 0 unspecified atom stereocenters. The molecule has 0 aliphatic carbocycles. The van der Waals surface area contributed by atoms with E-state index in [-0.39, 0.29) is 0 Å². The van der Waals surface area contributed by atoms with E-state index >= 15 is 0 Å². The van der Waals surface area contributed by atoms with Crippen LogP contribution >= 0.6 is 34.2 Å². The van der Waals surface area contributed by atoms with Gasteiger partial charge in [-0.05, 0) is 12.1 Å². The summed E-state index contributed by atoms with van der Waals surface area (Å²) in [6, 6.07) is 3.91. The predicted molar refractivity (Wildman–Crippen MR) is 63.0 cm³/mol. The van der Waals surface area contributed by atoms with Crippen LogP contribution in [0.3, 0.4) is 0 Å². The lowest BCUT2D eigenvalue weighted by Crippen LogP contribution is -1.80. The van der Waals surface area contributed by atoms with Crippen LogP contribution in [0.5, 0.6) is 0 Å². The second-order valence-electron chi connectivity index (χ2n) is 2.37. The zero-order valence-electron chi connectivity index (χ0n) is 6.57. The van der Waals surface area contributed by atoms with Gasteiger partial charge in [0.15, 0.2) is 5.13 Å². The third-order valence-corrected chi connectivity index (χ3v) is 3.18. The minimum Gasteiger partial charge on any atom is -0.304 e. The van der Waals surface area contributed by atoms with E-state index in [0.717, 1.165) is 16.4 Å². The Morgan fingerprint density at radius 2 is 2.38 bits per heavy atom. The molecule has 0 saturated heterocycles. The number of halogens is 1. The number of rotatable bonds is 2. The molecule has 0 aromatic carbocycles. The van der Waals surface area contributed by atoms with Gasteiger partial charge in [0.05, 0.1) is 28.6 Å². The van der Waals surface area contributed by atoms with E-state index in [1.165, 1.54) is 0 Å². The largest absolute Gasteiger partial charge is 0.304 e. The summed E-state index contributed by atoms with van der Waals surface area (Å²) < 4.78 is 2.97. The molecule has 0 amide bonds. The first-order valence-electron chi connectivity index (χ1n) is 3.63. The Morgan fingerprint density at radius 1 is 1.46 bits per heavy atom. The summed E-state index contributed by atoms with van der Waals surface area (Å²) in [7, 11) is 0. The van der Waals surface area contributed by atoms with Crippen molar-refractivity contribution in [3.8, 4) is 11.3 Å². The van der Waals surface area contributed by atoms with Crippen LogP contribution in [0.25, 0.3) is 11.3 Å². The lowest BCUT2D eigenvalue weighted by molar-refractivity contribution is 1.31. The summed E-state index contributed by atoms with van der Waals surface area (Å²) in [6.07, 6.45) is 3.57. The van der Waals surface area contributed by atoms with Crippen LogP contribution in [0.1, 0.15) is 0 Å². The van der Waals surface area contributed by atoms with Gasteiger partial charge in [0.25, 0.3) is 0 Å². The molecule has 0 fully saturated rings. The van der Waals surface area contributed by atoms with Gasteiger partial charge in [0.2, 0.25) is 0 Å². The second-order valence-corrected chi connectivity index (χ2v) is 3.77. The molecule has 13 heavy (non-hydrogen) atoms. The van der Waals surface area contributed by atoms with E-state index < -0.39 is 0 Å². The molecule has 2 aromatic rings. The van der Waals surface area contributed by atoms with Gasteiger partial charge in [-0.25, -0.2) is 4.98 Å². The molecule has 0 spiro atoms. The molecular formula is C8H6IN3S. The van der Waals surface area contributed by atoms with E-state index in [0.29, 0.717) is 0 Å². The van der Waals surface area contributed by atoms with Gasteiger partial charge in [0.1, 0.15) is 0 Å². The van der Waals surface area contributed by atoms with Crippen molar-refractivity contribution in [2.24, 2.45) is 0 Å². The molecule has 0 aliphatic heterocycles. The minimum absolute atomic E-state index is 0.916. The number of thiazole rings is 1. The molecule has 5 heteroatoms. The highest BCUT2D eigenvalue weighted by molar-refractivity contribution is 14.1. The highest BCUT2D eigenvalue weighted by atomic mass is 127. The van der Waals surface area contributed by atoms with Gasteiger partial charge >= 0.3 is 0 Å². The van der Waals surface area contributed by atoms with Gasteiger partial charge in [0, 0.05) is 23.3 Å². The zero-order chi connectivity index (χ0) is 9.10. The maximum Gasteiger partial charge on any atom is 0.192 e. The topological polar surface area (TPSA) is 37.8 Å². The Balaban J connectivity index is 2.36. The normalized spacial score (nSPS) is 9.92. The molecule has 2 aromatic heterocycles. The van der Waals surface area contributed by atoms with E-state index in [4.69, 9.17) is 0 Å². The molecule has 0 bridgehead atoms. The molecule has 0 saturated carbocycles. The molecule has 1 N–H and O–H groups in total. The fourth-order valence-corrected chi connectivity index (χ4v) is 2.07. The van der Waals surface area contributed by atoms with Crippen molar-refractivity contribution in [2.75, 3.05) is 3.53 Å². The average molecular weight is 303 g/mol. The fraction of sp³-hybridized carbons (Fsp3) is 0. The Bertz CT molecular complexity index is 387. The fourth-order valence-electron chi connectivity index (χ4n) is 0.964. The zero-order valence-corrected chi connectivity index (χ0v) is 9.54. The molecule has 0 radical (unpaired) electrons. The van der Waals surface area contributed by atoms with Crippen LogP contribution < -0.4 is 3.53 Å². The lowest BCUT2D eigenvalue weighted by Gasteiger charge is -1.92. The summed E-state index contributed by atoms with van der Waals surface area (Å²) >= 11 is 3.66. The van der Waals surface area contributed by atoms with Crippen molar-refractivity contribution >= 4 is 39.3 Å². The first-order chi connectivity index (χ1) is 6.40. The predicted octanol–water partition coefficient (Wildman–Crippen LogP) is 2.97. The highest BCUT2D eigenvalue weighted by Gasteiger charge is 2.02. The number of aromatic nitrogens is 2. The summed E-state index contributed by atoms with van der Waals surface area (Å²) in [6.45, 7) is 0. The molecular weight excluding hydrogens is 297 g/mol. The highest BCUT2D eigenvalue weighted by Crippen LogP contribution is 2.24. The number of anilines is 1. The summed E-state index contributed by atoms with van der Waals surface area (Å²) in [5, 5.41) is 2.93. The van der Waals surface area contributed by atoms with Gasteiger partial charge in [-0.3, -0.25) is 4.98 Å². The third-order valence-electron chi connectivity index (χ3n) is 1.54. The smallest absolute Gasteiger partial charge is 0.192 e. The number of hydrogen-bond donors (Lipinski definition) is 1. The van der Waals surface area contributed by atoms with Crippen molar-refractivity contribution in [3.05, 3.63) is 29.9 Å². The first-order valence-corrected chi connectivity index (χ1v) is 5.58. The first kappa shape index (κ1) is 8.89. The van der Waals surface area contributed by atoms with Gasteiger partial charge in [-0.15, -0.1) is 11.3 Å². The van der Waals surface area contributed by atoms with Crippen LogP contribution in [0.4, 0.5) is 5.13 Å². The number of nitrogens with zero attached hydrogens (tertiary/aromatic N) is 2. The summed E-state index contributed by atoms with van der Waals surface area (Å²) in [5.41, 5.74) is 2.02. The standard InChI is InChI=1S/C8H6IN3S/c9-12-8-11-7(5-13-8)6-2-1-3-10-4-6/h1-5H,(H,11,12). The van der Waals surface area contributed by atoms with Gasteiger partial charge in [-0.1, -0.05) is 0 Å². The molecule has 2 rings (SSSR count). The Morgan fingerprint density at radius 3 is 3.00 bits per heavy atom. The molecule has 0 aliphatic rings. The van der Waals surface area contributed by atoms with E-state index in [9.17, 15) is 0 Å². The molecule has 0 atom stereocenters. The van der Waals surface area contributed by atoms with Crippen molar-refractivity contribution in [3.63, 3.8) is 0 Å². The maximum atomic E-state index is 4.36. The Kier molecular flexibility index (Phi) is 2.74. The number of nitrogens with one attached hydrogen (secondary N) is 1. The van der Waals surface area contributed by atoms with Crippen LogP contribution in [0.2, 0.25) is 0 Å². The summed E-state index contributed by atoms with van der Waals surface area (Å²) in [5.74, 6) is 0. The summed E-state index contributed by atoms with van der Waals surface area (Å²) in [4.78, 5) is 8.40. The minimum atomic E-state index is 0.916. The van der Waals surface area contributed by atoms with Crippen LogP contribution in [-0.4, -0.2) is 9.97 Å². The number of pyridine rings is 1. The van der Waals surface area contributed by atoms with Crippen molar-refractivity contribution in [1.82, 2.24) is 9.97 Å². The quantitative estimate of drug-likeness (QED) is 0.684. The average Bonchev–Trinajstić information content (AvgIpc) is 2.67. The van der Waals surface area contributed by atoms with Crippen LogP contribution in [-0.2, 0) is 0 Å². The van der Waals surface area contributed by atoms with Crippen molar-refractivity contribution in [1.29, 1.82) is 0 Å². The van der Waals surface area contributed by atoms with Crippen LogP contribution in [0.15, 0.2) is 29.9 Å². The second kappa shape index (κ2) is 4.01. The molecule has 3 nitrogen and oxygen atoms in total. The van der Waals surface area contributed by atoms with E-state index in [1.807, 2.05) is 23.7 Å². The van der Waals surface area contributed by atoms with E-state index in [1.54, 1.807) is 17.5 Å². The van der Waals surface area contributed by atoms with Crippen molar-refractivity contribution < 1.29 is 0 Å². The molecule has 2 heterocycles. The van der Waals surface area contributed by atoms with Gasteiger partial charge < -0.3 is 3.53 Å². The Labute approximate surface area is 93.7 Å². The SMILES string of the molecule is INc1nc(-c2cccnc2)cs1. The van der Waals surface area contributed by atoms with Crippen LogP contribution in [0, 0.1) is 0 Å². The molecule has 66 valence electrons. The lowest BCUT2D eigenvalue weighted by atomic mass is 10.2. The van der Waals surface area contributed by atoms with Gasteiger partial charge in [-0.2, -0.15) is 0 Å². The number of hydrogen-bond acceptors (Lipinski definition) is 4. The van der Waals surface area contributed by atoms with Crippen molar-refractivity contribution in [2.45, 2.75) is 0 Å².